The molecule has 2 aromatic heterocycles. The van der Waals surface area contributed by atoms with Crippen molar-refractivity contribution in [2.75, 3.05) is 5.32 Å². The van der Waals surface area contributed by atoms with E-state index in [-0.39, 0.29) is 11.9 Å². The summed E-state index contributed by atoms with van der Waals surface area (Å²) in [5.74, 6) is 0.00775. The van der Waals surface area contributed by atoms with Crippen molar-refractivity contribution in [1.82, 2.24) is 24.5 Å². The Labute approximate surface area is 163 Å². The van der Waals surface area contributed by atoms with E-state index in [0.29, 0.717) is 12.1 Å². The molecule has 4 rings (SSSR count). The highest BCUT2D eigenvalue weighted by molar-refractivity contribution is 9.10. The van der Waals surface area contributed by atoms with Gasteiger partial charge in [0, 0.05) is 22.4 Å². The van der Waals surface area contributed by atoms with Crippen molar-refractivity contribution >= 4 is 27.8 Å². The molecule has 27 heavy (non-hydrogen) atoms. The number of halogens is 1. The molecule has 0 aliphatic heterocycles. The second-order valence-electron chi connectivity index (χ2n) is 5.85. The fourth-order valence-electron chi connectivity index (χ4n) is 2.61. The first-order chi connectivity index (χ1) is 13.2. The molecular weight excluding hydrogens is 408 g/mol. The molecule has 0 fully saturated rings. The van der Waals surface area contributed by atoms with Crippen LogP contribution in [0.1, 0.15) is 15.9 Å². The summed E-state index contributed by atoms with van der Waals surface area (Å²) in [6, 6.07) is 16.9. The Balaban J connectivity index is 1.42. The number of anilines is 1. The second-order valence-corrected chi connectivity index (χ2v) is 6.76. The van der Waals surface area contributed by atoms with Crippen molar-refractivity contribution in [3.05, 3.63) is 88.9 Å². The molecule has 0 saturated heterocycles. The molecule has 0 spiro atoms. The zero-order chi connectivity index (χ0) is 18.6. The summed E-state index contributed by atoms with van der Waals surface area (Å²) >= 11 is 3.45. The third-order valence-corrected chi connectivity index (χ3v) is 4.39. The van der Waals surface area contributed by atoms with Crippen LogP contribution in [-0.4, -0.2) is 30.5 Å². The highest BCUT2D eigenvalue weighted by Crippen LogP contribution is 2.13. The number of hydrogen-bond donors (Lipinski definition) is 1. The molecule has 1 N–H and O–H groups in total. The summed E-state index contributed by atoms with van der Waals surface area (Å²) in [5.41, 5.74) is 2.49. The summed E-state index contributed by atoms with van der Waals surface area (Å²) in [4.78, 5) is 16.5. The van der Waals surface area contributed by atoms with Crippen LogP contribution in [0.25, 0.3) is 5.69 Å². The van der Waals surface area contributed by atoms with E-state index in [1.165, 1.54) is 0 Å². The molecule has 4 aromatic rings. The van der Waals surface area contributed by atoms with Crippen LogP contribution in [0.15, 0.2) is 77.8 Å². The van der Waals surface area contributed by atoms with Crippen LogP contribution >= 0.6 is 15.9 Å². The van der Waals surface area contributed by atoms with E-state index in [2.05, 4.69) is 36.4 Å². The number of carbonyl (C=O) groups excluding carboxylic acids is 1. The lowest BCUT2D eigenvalue weighted by Crippen LogP contribution is -2.13. The lowest BCUT2D eigenvalue weighted by molar-refractivity contribution is 0.102. The van der Waals surface area contributed by atoms with Gasteiger partial charge in [0.2, 0.25) is 5.95 Å². The van der Waals surface area contributed by atoms with Crippen LogP contribution in [0.5, 0.6) is 0 Å². The number of benzene rings is 2. The average Bonchev–Trinajstić information content (AvgIpc) is 3.34. The smallest absolute Gasteiger partial charge is 0.258 e. The molecule has 2 aromatic carbocycles. The second kappa shape index (κ2) is 7.55. The molecule has 2 heterocycles. The SMILES string of the molecule is O=C(Nc1ncn(Cc2cccc(Br)c2)n1)c1ccc(-n2cccn2)cc1. The fourth-order valence-corrected chi connectivity index (χ4v) is 3.06. The van der Waals surface area contributed by atoms with E-state index < -0.39 is 0 Å². The molecule has 0 aliphatic rings. The Morgan fingerprint density at radius 3 is 2.70 bits per heavy atom. The van der Waals surface area contributed by atoms with Gasteiger partial charge in [0.1, 0.15) is 6.33 Å². The Bertz CT molecular complexity index is 1060. The summed E-state index contributed by atoms with van der Waals surface area (Å²) in [6.45, 7) is 0.570. The largest absolute Gasteiger partial charge is 0.289 e. The zero-order valence-corrected chi connectivity index (χ0v) is 15.7. The van der Waals surface area contributed by atoms with Gasteiger partial charge < -0.3 is 0 Å². The van der Waals surface area contributed by atoms with E-state index in [9.17, 15) is 4.79 Å². The molecule has 0 unspecified atom stereocenters. The van der Waals surface area contributed by atoms with Crippen LogP contribution in [-0.2, 0) is 6.54 Å². The van der Waals surface area contributed by atoms with Gasteiger partial charge in [-0.15, -0.1) is 5.10 Å². The van der Waals surface area contributed by atoms with Crippen molar-refractivity contribution in [2.45, 2.75) is 6.54 Å². The van der Waals surface area contributed by atoms with Gasteiger partial charge >= 0.3 is 0 Å². The number of aromatic nitrogens is 5. The van der Waals surface area contributed by atoms with Crippen molar-refractivity contribution in [3.8, 4) is 5.69 Å². The predicted octanol–water partition coefficient (Wildman–Crippen LogP) is 3.53. The maximum absolute atomic E-state index is 12.4. The minimum absolute atomic E-state index is 0.262. The molecule has 0 saturated carbocycles. The van der Waals surface area contributed by atoms with E-state index >= 15 is 0 Å². The van der Waals surface area contributed by atoms with Gasteiger partial charge in [0.05, 0.1) is 12.2 Å². The maximum atomic E-state index is 12.4. The standard InChI is InChI=1S/C19H15BrN6O/c20-16-4-1-3-14(11-16)12-25-13-21-19(24-25)23-18(27)15-5-7-17(8-6-15)26-10-2-9-22-26/h1-11,13H,12H2,(H,23,24,27). The highest BCUT2D eigenvalue weighted by Gasteiger charge is 2.10. The van der Waals surface area contributed by atoms with E-state index in [1.54, 1.807) is 34.0 Å². The zero-order valence-electron chi connectivity index (χ0n) is 14.2. The maximum Gasteiger partial charge on any atom is 0.258 e. The lowest BCUT2D eigenvalue weighted by atomic mass is 10.2. The molecule has 0 radical (unpaired) electrons. The first-order valence-corrected chi connectivity index (χ1v) is 9.02. The summed E-state index contributed by atoms with van der Waals surface area (Å²) in [5, 5.41) is 11.2. The number of carbonyl (C=O) groups is 1. The minimum Gasteiger partial charge on any atom is -0.289 e. The fraction of sp³-hybridized carbons (Fsp3) is 0.0526. The average molecular weight is 423 g/mol. The number of rotatable bonds is 5. The monoisotopic (exact) mass is 422 g/mol. The highest BCUT2D eigenvalue weighted by atomic mass is 79.9. The van der Waals surface area contributed by atoms with E-state index in [1.807, 2.05) is 48.7 Å². The van der Waals surface area contributed by atoms with Gasteiger partial charge in [-0.1, -0.05) is 28.1 Å². The molecule has 134 valence electrons. The third-order valence-electron chi connectivity index (χ3n) is 3.89. The Hall–Kier alpha value is -3.26. The summed E-state index contributed by atoms with van der Waals surface area (Å²) in [6.07, 6.45) is 5.14. The Kier molecular flexibility index (Phi) is 4.80. The first-order valence-electron chi connectivity index (χ1n) is 8.23. The van der Waals surface area contributed by atoms with Crippen molar-refractivity contribution in [2.24, 2.45) is 0 Å². The molecule has 7 nitrogen and oxygen atoms in total. The van der Waals surface area contributed by atoms with Gasteiger partial charge in [-0.05, 0) is 48.0 Å². The van der Waals surface area contributed by atoms with Gasteiger partial charge in [0.25, 0.3) is 5.91 Å². The first kappa shape index (κ1) is 17.2. The number of nitrogens with zero attached hydrogens (tertiary/aromatic N) is 5. The predicted molar refractivity (Wildman–Crippen MR) is 105 cm³/mol. The summed E-state index contributed by atoms with van der Waals surface area (Å²) in [7, 11) is 0. The summed E-state index contributed by atoms with van der Waals surface area (Å²) < 4.78 is 4.41. The van der Waals surface area contributed by atoms with Crippen LogP contribution in [0.4, 0.5) is 5.95 Å². The third kappa shape index (κ3) is 4.12. The lowest BCUT2D eigenvalue weighted by Gasteiger charge is -2.04. The molecule has 8 heteroatoms. The molecule has 1 amide bonds. The van der Waals surface area contributed by atoms with Crippen LogP contribution < -0.4 is 5.32 Å². The number of nitrogens with one attached hydrogen (secondary N) is 1. The molecular formula is C19H15BrN6O. The number of amides is 1. The Morgan fingerprint density at radius 1 is 1.11 bits per heavy atom. The van der Waals surface area contributed by atoms with Gasteiger partial charge in [-0.25, -0.2) is 14.3 Å². The molecule has 0 bridgehead atoms. The van der Waals surface area contributed by atoms with Crippen molar-refractivity contribution in [1.29, 1.82) is 0 Å². The normalized spacial score (nSPS) is 10.7. The van der Waals surface area contributed by atoms with Crippen LogP contribution in [0.2, 0.25) is 0 Å². The Morgan fingerprint density at radius 2 is 1.96 bits per heavy atom. The number of hydrogen-bond acceptors (Lipinski definition) is 4. The minimum atomic E-state index is -0.262. The van der Waals surface area contributed by atoms with Crippen molar-refractivity contribution in [3.63, 3.8) is 0 Å². The van der Waals surface area contributed by atoms with Crippen LogP contribution in [0.3, 0.4) is 0 Å². The van der Waals surface area contributed by atoms with Gasteiger partial charge in [-0.3, -0.25) is 10.1 Å². The van der Waals surface area contributed by atoms with Crippen LogP contribution in [0, 0.1) is 0 Å². The van der Waals surface area contributed by atoms with E-state index in [0.717, 1.165) is 15.7 Å². The van der Waals surface area contributed by atoms with Gasteiger partial charge in [0.15, 0.2) is 0 Å². The van der Waals surface area contributed by atoms with E-state index in [4.69, 9.17) is 0 Å². The quantitative estimate of drug-likeness (QED) is 0.533. The molecule has 0 atom stereocenters. The topological polar surface area (TPSA) is 77.6 Å². The van der Waals surface area contributed by atoms with Gasteiger partial charge in [-0.2, -0.15) is 5.10 Å². The molecule has 0 aliphatic carbocycles. The van der Waals surface area contributed by atoms with Crippen molar-refractivity contribution < 1.29 is 4.79 Å².